The van der Waals surface area contributed by atoms with Gasteiger partial charge in [-0.1, -0.05) is 19.3 Å². The number of hydrogen-bond acceptors (Lipinski definition) is 3. The van der Waals surface area contributed by atoms with E-state index in [0.29, 0.717) is 10.9 Å². The van der Waals surface area contributed by atoms with Gasteiger partial charge >= 0.3 is 0 Å². The molecule has 0 aliphatic heterocycles. The fourth-order valence-electron chi connectivity index (χ4n) is 2.43. The second-order valence-electron chi connectivity index (χ2n) is 5.26. The van der Waals surface area contributed by atoms with Crippen molar-refractivity contribution in [3.63, 3.8) is 0 Å². The zero-order chi connectivity index (χ0) is 14.5. The minimum absolute atomic E-state index is 0.0705. The first-order valence-electron chi connectivity index (χ1n) is 7.07. The quantitative estimate of drug-likeness (QED) is 0.831. The van der Waals surface area contributed by atoms with Gasteiger partial charge in [-0.05, 0) is 38.0 Å². The number of nitrogens with two attached hydrogens (primary N) is 1. The molecule has 1 amide bonds. The predicted molar refractivity (Wildman–Crippen MR) is 83.4 cm³/mol. The molecule has 5 heteroatoms. The maximum atomic E-state index is 13.0. The Morgan fingerprint density at radius 2 is 2.10 bits per heavy atom. The van der Waals surface area contributed by atoms with Crippen molar-refractivity contribution in [1.82, 2.24) is 0 Å². The molecule has 1 unspecified atom stereocenters. The molecule has 1 aliphatic carbocycles. The number of nitrogen functional groups attached to an aromatic ring is 1. The van der Waals surface area contributed by atoms with Crippen molar-refractivity contribution in [2.24, 2.45) is 0 Å². The van der Waals surface area contributed by atoms with Gasteiger partial charge in [0.05, 0.1) is 16.6 Å². The smallest absolute Gasteiger partial charge is 0.237 e. The van der Waals surface area contributed by atoms with Crippen LogP contribution in [-0.4, -0.2) is 16.4 Å². The lowest BCUT2D eigenvalue weighted by Crippen LogP contribution is -2.26. The van der Waals surface area contributed by atoms with E-state index in [0.717, 1.165) is 0 Å². The largest absolute Gasteiger partial charge is 0.397 e. The van der Waals surface area contributed by atoms with Crippen LogP contribution in [-0.2, 0) is 4.79 Å². The number of thioether (sulfide) groups is 1. The lowest BCUT2D eigenvalue weighted by Gasteiger charge is -2.24. The molecular weight excluding hydrogens is 275 g/mol. The SMILES string of the molecule is CC(SC1CCCCC1)C(=O)Nc1ccc(F)cc1N. The average molecular weight is 296 g/mol. The first-order chi connectivity index (χ1) is 9.56. The van der Waals surface area contributed by atoms with E-state index in [1.807, 2.05) is 6.92 Å². The van der Waals surface area contributed by atoms with Crippen molar-refractivity contribution in [3.8, 4) is 0 Å². The molecule has 1 saturated carbocycles. The van der Waals surface area contributed by atoms with E-state index >= 15 is 0 Å². The lowest BCUT2D eigenvalue weighted by molar-refractivity contribution is -0.115. The number of nitrogens with one attached hydrogen (secondary N) is 1. The Kier molecular flexibility index (Phi) is 5.29. The normalized spacial score (nSPS) is 17.7. The van der Waals surface area contributed by atoms with Crippen molar-refractivity contribution in [2.75, 3.05) is 11.1 Å². The van der Waals surface area contributed by atoms with Crippen LogP contribution in [0.4, 0.5) is 15.8 Å². The molecule has 0 heterocycles. The molecule has 0 aromatic heterocycles. The van der Waals surface area contributed by atoms with Crippen molar-refractivity contribution >= 4 is 29.0 Å². The molecule has 0 saturated heterocycles. The second kappa shape index (κ2) is 6.97. The summed E-state index contributed by atoms with van der Waals surface area (Å²) in [6.45, 7) is 1.91. The Bertz CT molecular complexity index is 475. The maximum Gasteiger partial charge on any atom is 0.237 e. The number of halogens is 1. The van der Waals surface area contributed by atoms with Gasteiger partial charge in [-0.25, -0.2) is 4.39 Å². The third-order valence-electron chi connectivity index (χ3n) is 3.59. The summed E-state index contributed by atoms with van der Waals surface area (Å²) < 4.78 is 13.0. The van der Waals surface area contributed by atoms with Crippen LogP contribution in [0.15, 0.2) is 18.2 Å². The topological polar surface area (TPSA) is 55.1 Å². The fourth-order valence-corrected chi connectivity index (χ4v) is 3.80. The highest BCUT2D eigenvalue weighted by Gasteiger charge is 2.21. The number of carbonyl (C=O) groups excluding carboxylic acids is 1. The summed E-state index contributed by atoms with van der Waals surface area (Å²) in [4.78, 5) is 12.1. The van der Waals surface area contributed by atoms with Crippen LogP contribution in [0.2, 0.25) is 0 Å². The third-order valence-corrected chi connectivity index (χ3v) is 5.07. The van der Waals surface area contributed by atoms with Crippen LogP contribution in [0.1, 0.15) is 39.0 Å². The molecule has 0 spiro atoms. The van der Waals surface area contributed by atoms with Crippen LogP contribution >= 0.6 is 11.8 Å². The van der Waals surface area contributed by atoms with Crippen LogP contribution < -0.4 is 11.1 Å². The number of benzene rings is 1. The summed E-state index contributed by atoms with van der Waals surface area (Å²) in [7, 11) is 0. The standard InChI is InChI=1S/C15H21FN2OS/c1-10(20-12-5-3-2-4-6-12)15(19)18-14-8-7-11(16)9-13(14)17/h7-10,12H,2-6,17H2,1H3,(H,18,19). The van der Waals surface area contributed by atoms with E-state index in [1.165, 1.54) is 50.3 Å². The Morgan fingerprint density at radius 1 is 1.40 bits per heavy atom. The van der Waals surface area contributed by atoms with E-state index in [-0.39, 0.29) is 16.8 Å². The predicted octanol–water partition coefficient (Wildman–Crippen LogP) is 3.80. The maximum absolute atomic E-state index is 13.0. The van der Waals surface area contributed by atoms with Gasteiger partial charge in [-0.15, -0.1) is 11.8 Å². The van der Waals surface area contributed by atoms with Crippen LogP contribution in [0.25, 0.3) is 0 Å². The Morgan fingerprint density at radius 3 is 2.75 bits per heavy atom. The molecule has 0 bridgehead atoms. The average Bonchev–Trinajstić information content (AvgIpc) is 2.43. The van der Waals surface area contributed by atoms with Gasteiger partial charge in [0.2, 0.25) is 5.91 Å². The second-order valence-corrected chi connectivity index (χ2v) is 6.91. The van der Waals surface area contributed by atoms with E-state index in [1.54, 1.807) is 11.8 Å². The highest BCUT2D eigenvalue weighted by Crippen LogP contribution is 2.31. The zero-order valence-electron chi connectivity index (χ0n) is 11.7. The molecule has 1 atom stereocenters. The van der Waals surface area contributed by atoms with E-state index < -0.39 is 5.82 Å². The molecule has 3 N–H and O–H groups in total. The fraction of sp³-hybridized carbons (Fsp3) is 0.533. The molecule has 1 aliphatic rings. The number of carbonyl (C=O) groups is 1. The summed E-state index contributed by atoms with van der Waals surface area (Å²) in [6.07, 6.45) is 6.22. The first-order valence-corrected chi connectivity index (χ1v) is 8.02. The molecular formula is C15H21FN2OS. The summed E-state index contributed by atoms with van der Waals surface area (Å²) in [6, 6.07) is 4.01. The molecule has 1 fully saturated rings. The summed E-state index contributed by atoms with van der Waals surface area (Å²) in [5.41, 5.74) is 6.43. The third kappa shape index (κ3) is 4.13. The number of hydrogen-bond donors (Lipinski definition) is 2. The highest BCUT2D eigenvalue weighted by atomic mass is 32.2. The van der Waals surface area contributed by atoms with Gasteiger partial charge in [0.15, 0.2) is 0 Å². The molecule has 110 valence electrons. The molecule has 2 rings (SSSR count). The van der Waals surface area contributed by atoms with Gasteiger partial charge in [0.1, 0.15) is 5.82 Å². The van der Waals surface area contributed by atoms with Crippen LogP contribution in [0.3, 0.4) is 0 Å². The van der Waals surface area contributed by atoms with Gasteiger partial charge in [0.25, 0.3) is 0 Å². The van der Waals surface area contributed by atoms with Crippen LogP contribution in [0.5, 0.6) is 0 Å². The molecule has 20 heavy (non-hydrogen) atoms. The van der Waals surface area contributed by atoms with Crippen molar-refractivity contribution < 1.29 is 9.18 Å². The zero-order valence-corrected chi connectivity index (χ0v) is 12.5. The Labute approximate surface area is 123 Å². The lowest BCUT2D eigenvalue weighted by atomic mass is 10.0. The summed E-state index contributed by atoms with van der Waals surface area (Å²) in [5.74, 6) is -0.469. The number of anilines is 2. The highest BCUT2D eigenvalue weighted by molar-refractivity contribution is 8.01. The van der Waals surface area contributed by atoms with Crippen LogP contribution in [0, 0.1) is 5.82 Å². The van der Waals surface area contributed by atoms with Gasteiger partial charge in [-0.3, -0.25) is 4.79 Å². The molecule has 1 aromatic carbocycles. The van der Waals surface area contributed by atoms with Crippen molar-refractivity contribution in [2.45, 2.75) is 49.5 Å². The monoisotopic (exact) mass is 296 g/mol. The Balaban J connectivity index is 1.89. The van der Waals surface area contributed by atoms with Crippen molar-refractivity contribution in [3.05, 3.63) is 24.0 Å². The minimum Gasteiger partial charge on any atom is -0.397 e. The van der Waals surface area contributed by atoms with E-state index in [4.69, 9.17) is 5.73 Å². The number of amides is 1. The summed E-state index contributed by atoms with van der Waals surface area (Å²) >= 11 is 1.73. The van der Waals surface area contributed by atoms with E-state index in [2.05, 4.69) is 5.32 Å². The molecule has 1 aromatic rings. The summed E-state index contributed by atoms with van der Waals surface area (Å²) in [5, 5.41) is 3.23. The first kappa shape index (κ1) is 15.2. The Hall–Kier alpha value is -1.23. The van der Waals surface area contributed by atoms with E-state index in [9.17, 15) is 9.18 Å². The van der Waals surface area contributed by atoms with Gasteiger partial charge < -0.3 is 11.1 Å². The minimum atomic E-state index is -0.398. The molecule has 3 nitrogen and oxygen atoms in total. The van der Waals surface area contributed by atoms with Gasteiger partial charge in [0, 0.05) is 5.25 Å². The van der Waals surface area contributed by atoms with Crippen molar-refractivity contribution in [1.29, 1.82) is 0 Å². The van der Waals surface area contributed by atoms with Gasteiger partial charge in [-0.2, -0.15) is 0 Å². The number of rotatable bonds is 4. The molecule has 0 radical (unpaired) electrons.